The third-order valence-corrected chi connectivity index (χ3v) is 5.76. The van der Waals surface area contributed by atoms with Crippen molar-refractivity contribution in [1.82, 2.24) is 19.7 Å². The number of rotatable bonds is 6. The van der Waals surface area contributed by atoms with Gasteiger partial charge < -0.3 is 9.88 Å². The molecular formula is C24H26N4O2. The monoisotopic (exact) mass is 402 g/mol. The molecule has 0 aliphatic heterocycles. The van der Waals surface area contributed by atoms with E-state index in [2.05, 4.69) is 29.5 Å². The maximum atomic E-state index is 13.2. The molecule has 0 bridgehead atoms. The van der Waals surface area contributed by atoms with E-state index in [1.54, 1.807) is 13.2 Å². The highest BCUT2D eigenvalue weighted by atomic mass is 16.2. The van der Waals surface area contributed by atoms with Crippen LogP contribution in [0.5, 0.6) is 0 Å². The summed E-state index contributed by atoms with van der Waals surface area (Å²) in [4.78, 5) is 26.1. The van der Waals surface area contributed by atoms with Crippen LogP contribution in [0.3, 0.4) is 0 Å². The molecule has 1 atom stereocenters. The fourth-order valence-corrected chi connectivity index (χ4v) is 4.13. The van der Waals surface area contributed by atoms with E-state index in [1.807, 2.05) is 47.9 Å². The van der Waals surface area contributed by atoms with E-state index in [0.29, 0.717) is 18.5 Å². The van der Waals surface area contributed by atoms with Gasteiger partial charge in [0.2, 0.25) is 5.91 Å². The number of hydrogen-bond donors (Lipinski definition) is 1. The number of carbonyl (C=O) groups is 1. The Morgan fingerprint density at radius 2 is 1.83 bits per heavy atom. The fraction of sp³-hybridized carbons (Fsp3) is 0.292. The summed E-state index contributed by atoms with van der Waals surface area (Å²) in [6, 6.07) is 15.5. The summed E-state index contributed by atoms with van der Waals surface area (Å²) in [5.74, 6) is -0.0763. The minimum Gasteiger partial charge on any atom is -0.354 e. The Hall–Kier alpha value is -3.41. The summed E-state index contributed by atoms with van der Waals surface area (Å²) >= 11 is 0. The average Bonchev–Trinajstić information content (AvgIpc) is 3.08. The van der Waals surface area contributed by atoms with Gasteiger partial charge in [0.1, 0.15) is 11.6 Å². The van der Waals surface area contributed by atoms with Crippen molar-refractivity contribution in [3.8, 4) is 0 Å². The van der Waals surface area contributed by atoms with Crippen LogP contribution in [0.4, 0.5) is 0 Å². The molecule has 0 unspecified atom stereocenters. The van der Waals surface area contributed by atoms with E-state index < -0.39 is 6.04 Å². The number of benzene rings is 2. The van der Waals surface area contributed by atoms with Gasteiger partial charge in [-0.05, 0) is 37.0 Å². The molecule has 154 valence electrons. The van der Waals surface area contributed by atoms with Gasteiger partial charge in [0.15, 0.2) is 0 Å². The van der Waals surface area contributed by atoms with Gasteiger partial charge in [-0.3, -0.25) is 9.59 Å². The number of nitrogens with one attached hydrogen (secondary N) is 1. The lowest BCUT2D eigenvalue weighted by molar-refractivity contribution is -0.124. The third-order valence-electron chi connectivity index (χ3n) is 5.76. The number of amides is 1. The van der Waals surface area contributed by atoms with Crippen molar-refractivity contribution >= 4 is 27.7 Å². The second kappa shape index (κ2) is 8.14. The topological polar surface area (TPSA) is 68.9 Å². The minimum atomic E-state index is -0.473. The predicted molar refractivity (Wildman–Crippen MR) is 120 cm³/mol. The van der Waals surface area contributed by atoms with Gasteiger partial charge >= 0.3 is 0 Å². The minimum absolute atomic E-state index is 0.0763. The molecule has 2 aromatic heterocycles. The first kappa shape index (κ1) is 19.9. The molecule has 0 saturated heterocycles. The van der Waals surface area contributed by atoms with Crippen LogP contribution in [0.25, 0.3) is 21.8 Å². The molecule has 2 heterocycles. The molecule has 30 heavy (non-hydrogen) atoms. The van der Waals surface area contributed by atoms with E-state index in [1.165, 1.54) is 15.8 Å². The molecular weight excluding hydrogens is 376 g/mol. The molecule has 0 saturated carbocycles. The first-order valence-electron chi connectivity index (χ1n) is 10.3. The van der Waals surface area contributed by atoms with E-state index in [0.717, 1.165) is 22.7 Å². The number of hydrogen-bond acceptors (Lipinski definition) is 3. The molecule has 0 spiro atoms. The predicted octanol–water partition coefficient (Wildman–Crippen LogP) is 3.51. The maximum Gasteiger partial charge on any atom is 0.291 e. The van der Waals surface area contributed by atoms with Crippen LogP contribution in [0.1, 0.15) is 30.5 Å². The number of aryl methyl sites for hydroxylation is 2. The largest absolute Gasteiger partial charge is 0.354 e. The Labute approximate surface area is 175 Å². The lowest BCUT2D eigenvalue weighted by Gasteiger charge is -2.19. The molecule has 4 aromatic rings. The molecule has 0 radical (unpaired) electrons. The van der Waals surface area contributed by atoms with Crippen LogP contribution < -0.4 is 10.9 Å². The molecule has 1 N–H and O–H groups in total. The van der Waals surface area contributed by atoms with Gasteiger partial charge in [-0.1, -0.05) is 49.4 Å². The number of fused-ring (bicyclic) bond motifs is 3. The highest BCUT2D eigenvalue weighted by Gasteiger charge is 2.25. The second-order valence-corrected chi connectivity index (χ2v) is 7.61. The van der Waals surface area contributed by atoms with Crippen molar-refractivity contribution < 1.29 is 4.79 Å². The molecule has 2 aromatic carbocycles. The smallest absolute Gasteiger partial charge is 0.291 e. The van der Waals surface area contributed by atoms with E-state index in [-0.39, 0.29) is 11.5 Å². The van der Waals surface area contributed by atoms with Crippen LogP contribution in [0.2, 0.25) is 0 Å². The summed E-state index contributed by atoms with van der Waals surface area (Å²) in [6.07, 6.45) is 3.06. The lowest BCUT2D eigenvalue weighted by atomic mass is 10.1. The Morgan fingerprint density at radius 1 is 1.10 bits per heavy atom. The van der Waals surface area contributed by atoms with Crippen LogP contribution >= 0.6 is 0 Å². The Bertz CT molecular complexity index is 1290. The summed E-state index contributed by atoms with van der Waals surface area (Å²) in [7, 11) is 1.63. The van der Waals surface area contributed by atoms with Gasteiger partial charge in [-0.15, -0.1) is 0 Å². The first-order valence-corrected chi connectivity index (χ1v) is 10.3. The Kier molecular flexibility index (Phi) is 5.40. The van der Waals surface area contributed by atoms with Gasteiger partial charge in [0.25, 0.3) is 5.56 Å². The van der Waals surface area contributed by atoms with Crippen LogP contribution in [0.15, 0.2) is 59.5 Å². The van der Waals surface area contributed by atoms with Gasteiger partial charge in [0.05, 0.1) is 11.7 Å². The van der Waals surface area contributed by atoms with E-state index in [4.69, 9.17) is 0 Å². The van der Waals surface area contributed by atoms with Crippen LogP contribution in [-0.4, -0.2) is 26.8 Å². The first-order chi connectivity index (χ1) is 14.5. The highest BCUT2D eigenvalue weighted by molar-refractivity contribution is 6.08. The van der Waals surface area contributed by atoms with Gasteiger partial charge in [-0.25, -0.2) is 4.68 Å². The quantitative estimate of drug-likeness (QED) is 0.537. The van der Waals surface area contributed by atoms with Gasteiger partial charge in [-0.2, -0.15) is 5.10 Å². The summed E-state index contributed by atoms with van der Waals surface area (Å²) in [6.45, 7) is 4.60. The van der Waals surface area contributed by atoms with Crippen molar-refractivity contribution in [3.05, 3.63) is 76.2 Å². The van der Waals surface area contributed by atoms with Crippen molar-refractivity contribution in [2.75, 3.05) is 6.54 Å². The summed E-state index contributed by atoms with van der Waals surface area (Å²) in [5.41, 5.74) is 3.64. The van der Waals surface area contributed by atoms with Crippen LogP contribution in [-0.2, 0) is 18.3 Å². The molecule has 6 nitrogen and oxygen atoms in total. The van der Waals surface area contributed by atoms with Crippen molar-refractivity contribution in [2.45, 2.75) is 32.7 Å². The third kappa shape index (κ3) is 3.38. The zero-order valence-corrected chi connectivity index (χ0v) is 17.6. The molecule has 0 aliphatic rings. The summed E-state index contributed by atoms with van der Waals surface area (Å²) < 4.78 is 3.21. The fourth-order valence-electron chi connectivity index (χ4n) is 4.13. The average molecular weight is 402 g/mol. The second-order valence-electron chi connectivity index (χ2n) is 7.61. The molecule has 0 aliphatic carbocycles. The zero-order chi connectivity index (χ0) is 21.3. The molecule has 1 amide bonds. The molecule has 6 heteroatoms. The van der Waals surface area contributed by atoms with Crippen molar-refractivity contribution in [2.24, 2.45) is 7.05 Å². The van der Waals surface area contributed by atoms with E-state index >= 15 is 0 Å². The summed E-state index contributed by atoms with van der Waals surface area (Å²) in [5, 5.41) is 8.97. The zero-order valence-electron chi connectivity index (χ0n) is 17.6. The lowest BCUT2D eigenvalue weighted by Crippen LogP contribution is -2.34. The van der Waals surface area contributed by atoms with Crippen LogP contribution in [0, 0.1) is 6.92 Å². The van der Waals surface area contributed by atoms with Gasteiger partial charge in [0, 0.05) is 24.4 Å². The number of nitrogens with zero attached hydrogens (tertiary/aromatic N) is 3. The number of aromatic nitrogens is 3. The Balaban J connectivity index is 1.70. The molecule has 4 rings (SSSR count). The molecule has 0 fully saturated rings. The van der Waals surface area contributed by atoms with Crippen molar-refractivity contribution in [1.29, 1.82) is 0 Å². The maximum absolute atomic E-state index is 13.2. The highest BCUT2D eigenvalue weighted by Crippen LogP contribution is 2.30. The van der Waals surface area contributed by atoms with E-state index in [9.17, 15) is 9.59 Å². The normalized spacial score (nSPS) is 12.4. The standard InChI is InChI=1S/C24H26N4O2/c1-4-20(23(29)25-14-13-17-10-6-5-9-16(17)2)28-21-12-8-7-11-18(21)19-15-26-27(3)24(30)22(19)28/h5-12,15,20H,4,13-14H2,1-3H3,(H,25,29)/t20-/m0/s1. The van der Waals surface area contributed by atoms with Crippen molar-refractivity contribution in [3.63, 3.8) is 0 Å². The number of carbonyl (C=O) groups excluding carboxylic acids is 1. The Morgan fingerprint density at radius 3 is 2.60 bits per heavy atom. The number of para-hydroxylation sites is 1. The SMILES string of the molecule is CC[C@@H](C(=O)NCCc1ccccc1C)n1c2ccccc2c2cnn(C)c(=O)c21.